The van der Waals surface area contributed by atoms with E-state index in [2.05, 4.69) is 4.98 Å². The van der Waals surface area contributed by atoms with Gasteiger partial charge in [0, 0.05) is 6.07 Å². The Bertz CT molecular complexity index is 1110. The third-order valence-corrected chi connectivity index (χ3v) is 5.92. The van der Waals surface area contributed by atoms with Crippen molar-refractivity contribution in [2.75, 3.05) is 7.05 Å². The van der Waals surface area contributed by atoms with Gasteiger partial charge in [0.2, 0.25) is 5.69 Å². The van der Waals surface area contributed by atoms with Crippen molar-refractivity contribution in [1.29, 1.82) is 0 Å². The van der Waals surface area contributed by atoms with Crippen molar-refractivity contribution in [1.82, 2.24) is 4.98 Å². The van der Waals surface area contributed by atoms with Crippen molar-refractivity contribution < 1.29 is 30.1 Å². The molecule has 1 atom stereocenters. The number of aromatic nitrogens is 1. The Morgan fingerprint density at radius 1 is 1.08 bits per heavy atom. The summed E-state index contributed by atoms with van der Waals surface area (Å²) in [5, 5.41) is 6.11. The molecule has 10 heteroatoms. The highest BCUT2D eigenvalue weighted by atomic mass is 32.2. The minimum atomic E-state index is -4.53. The Kier molecular flexibility index (Phi) is 4.27. The van der Waals surface area contributed by atoms with E-state index in [9.17, 15) is 26.2 Å². The van der Waals surface area contributed by atoms with Gasteiger partial charge in [0.1, 0.15) is 11.9 Å². The van der Waals surface area contributed by atoms with Crippen molar-refractivity contribution in [2.45, 2.75) is 11.1 Å². The molecule has 0 saturated carbocycles. The molecule has 0 amide bonds. The number of benzene rings is 2. The number of nitrogens with one attached hydrogen (secondary N) is 1. The molecule has 0 aliphatic carbocycles. The highest BCUT2D eigenvalue weighted by Gasteiger charge is 2.31. The lowest BCUT2D eigenvalue weighted by atomic mass is 10.2. The Morgan fingerprint density at radius 3 is 2.23 bits per heavy atom. The Labute approximate surface area is 145 Å². The first-order valence-electron chi connectivity index (χ1n) is 7.21. The van der Waals surface area contributed by atoms with Crippen molar-refractivity contribution in [3.05, 3.63) is 59.8 Å². The van der Waals surface area contributed by atoms with Gasteiger partial charge in [-0.3, -0.25) is 0 Å². The first-order chi connectivity index (χ1) is 12.0. The number of fused-ring (bicyclic) bond motifs is 1. The number of halogens is 5. The summed E-state index contributed by atoms with van der Waals surface area (Å²) in [6.45, 7) is 0. The monoisotopic (exact) mass is 390 g/mol. The van der Waals surface area contributed by atoms with Crippen molar-refractivity contribution in [3.8, 4) is 0 Å². The number of aromatic amines is 1. The van der Waals surface area contributed by atoms with Gasteiger partial charge in [0.15, 0.2) is 11.6 Å². The Balaban J connectivity index is 2.17. The number of H-pyrrole nitrogens is 1. The van der Waals surface area contributed by atoms with Gasteiger partial charge in [-0.2, -0.15) is 17.4 Å². The molecule has 0 fully saturated rings. The summed E-state index contributed by atoms with van der Waals surface area (Å²) in [5.41, 5.74) is -0.427. The van der Waals surface area contributed by atoms with E-state index in [1.165, 1.54) is 13.2 Å². The van der Waals surface area contributed by atoms with Crippen LogP contribution in [0.15, 0.2) is 47.5 Å². The summed E-state index contributed by atoms with van der Waals surface area (Å²) in [6.07, 6.45) is -3.17. The Morgan fingerprint density at radius 2 is 1.65 bits per heavy atom. The van der Waals surface area contributed by atoms with Crippen molar-refractivity contribution in [2.24, 2.45) is 5.14 Å². The molecule has 0 saturated heterocycles. The average molecular weight is 390 g/mol. The maximum atomic E-state index is 13.5. The van der Waals surface area contributed by atoms with Crippen LogP contribution >= 0.6 is 0 Å². The number of nitrogens with zero attached hydrogens (tertiary/aromatic N) is 1. The number of nitrogens with two attached hydrogens (primary N) is 1. The van der Waals surface area contributed by atoms with Crippen LogP contribution in [0.5, 0.6) is 0 Å². The second kappa shape index (κ2) is 6.06. The van der Waals surface area contributed by atoms with Gasteiger partial charge in [-0.05, 0) is 30.3 Å². The minimum Gasteiger partial charge on any atom is -0.355 e. The zero-order chi connectivity index (χ0) is 19.3. The molecule has 0 aliphatic rings. The second-order valence-corrected chi connectivity index (χ2v) is 7.73. The van der Waals surface area contributed by atoms with Gasteiger partial charge in [-0.1, -0.05) is 0 Å². The maximum Gasteiger partial charge on any atom is 0.416 e. The molecule has 138 valence electrons. The van der Waals surface area contributed by atoms with Crippen LogP contribution in [0.3, 0.4) is 0 Å². The summed E-state index contributed by atoms with van der Waals surface area (Å²) < 4.78 is 78.9. The second-order valence-electron chi connectivity index (χ2n) is 5.57. The van der Waals surface area contributed by atoms with Gasteiger partial charge < -0.3 is 4.98 Å². The van der Waals surface area contributed by atoms with Crippen LogP contribution in [-0.4, -0.2) is 20.2 Å². The van der Waals surface area contributed by atoms with Crippen molar-refractivity contribution in [3.63, 3.8) is 0 Å². The molecule has 0 spiro atoms. The van der Waals surface area contributed by atoms with Crippen LogP contribution in [0, 0.1) is 11.6 Å². The Hall–Kier alpha value is -2.46. The lowest BCUT2D eigenvalue weighted by Gasteiger charge is -2.08. The fourth-order valence-corrected chi connectivity index (χ4v) is 3.79. The smallest absolute Gasteiger partial charge is 0.355 e. The van der Waals surface area contributed by atoms with Crippen molar-refractivity contribution >= 4 is 26.5 Å². The highest BCUT2D eigenvalue weighted by Crippen LogP contribution is 2.31. The van der Waals surface area contributed by atoms with E-state index >= 15 is 0 Å². The van der Waals surface area contributed by atoms with Crippen LogP contribution < -0.4 is 5.14 Å². The van der Waals surface area contributed by atoms with E-state index in [0.29, 0.717) is 0 Å². The predicted octanol–water partition coefficient (Wildman–Crippen LogP) is 4.14. The number of hydrogen-bond donors (Lipinski definition) is 2. The quantitative estimate of drug-likeness (QED) is 0.501. The van der Waals surface area contributed by atoms with E-state index in [4.69, 9.17) is 5.14 Å². The highest BCUT2D eigenvalue weighted by molar-refractivity contribution is 7.89. The lowest BCUT2D eigenvalue weighted by molar-refractivity contribution is -0.378. The molecule has 1 heterocycles. The SMILES string of the molecule is C[N+](c1c[nH]c2cc(F)c(F)cc12)=S(N)(=O)c1ccc(C(F)(F)F)cc1. The standard InChI is InChI=1S/C16H12F5N3OS/c1-24(15-8-23-14-7-13(18)12(17)6-11(14)15)26(22,25)10-4-2-9(3-5-10)16(19,20)21/h2-8,22-23H,1H3/p+1. The molecule has 2 aromatic carbocycles. The molecule has 4 nitrogen and oxygen atoms in total. The third kappa shape index (κ3) is 3.06. The lowest BCUT2D eigenvalue weighted by Crippen LogP contribution is -2.23. The predicted molar refractivity (Wildman–Crippen MR) is 86.1 cm³/mol. The van der Waals surface area contributed by atoms with E-state index in [1.54, 1.807) is 0 Å². The first kappa shape index (κ1) is 18.3. The zero-order valence-corrected chi connectivity index (χ0v) is 14.1. The molecular formula is C16H13F5N3OS+. The van der Waals surface area contributed by atoms with Gasteiger partial charge in [0.05, 0.1) is 22.7 Å². The molecule has 1 aromatic heterocycles. The third-order valence-electron chi connectivity index (χ3n) is 3.97. The fourth-order valence-electron chi connectivity index (χ4n) is 2.51. The summed E-state index contributed by atoms with van der Waals surface area (Å²) in [4.78, 5) is 2.67. The van der Waals surface area contributed by atoms with Gasteiger partial charge in [0.25, 0.3) is 9.92 Å². The summed E-state index contributed by atoms with van der Waals surface area (Å²) in [6, 6.07) is 5.47. The van der Waals surface area contributed by atoms with Gasteiger partial charge >= 0.3 is 6.18 Å². The van der Waals surface area contributed by atoms with Gasteiger partial charge in [-0.15, -0.1) is 3.95 Å². The fraction of sp³-hybridized carbons (Fsp3) is 0.125. The topological polar surface area (TPSA) is 61.9 Å². The van der Waals surface area contributed by atoms with E-state index in [0.717, 1.165) is 40.3 Å². The molecular weight excluding hydrogens is 377 g/mol. The molecule has 0 radical (unpaired) electrons. The molecule has 26 heavy (non-hydrogen) atoms. The summed E-state index contributed by atoms with van der Waals surface area (Å²) in [5.74, 6) is -2.14. The number of hydrogen-bond acceptors (Lipinski definition) is 1. The molecule has 0 bridgehead atoms. The first-order valence-corrected chi connectivity index (χ1v) is 8.79. The molecule has 3 N–H and O–H groups in total. The molecule has 0 aliphatic heterocycles. The molecule has 1 unspecified atom stereocenters. The average Bonchev–Trinajstić information content (AvgIpc) is 2.96. The summed E-state index contributed by atoms with van der Waals surface area (Å²) >= 11 is 0. The van der Waals surface area contributed by atoms with Crippen LogP contribution in [0.1, 0.15) is 5.56 Å². The number of alkyl halides is 3. The van der Waals surface area contributed by atoms with E-state index < -0.39 is 33.3 Å². The van der Waals surface area contributed by atoms with E-state index in [-0.39, 0.29) is 21.5 Å². The van der Waals surface area contributed by atoms with Gasteiger partial charge in [-0.25, -0.2) is 13.9 Å². The van der Waals surface area contributed by atoms with E-state index in [1.807, 2.05) is 0 Å². The summed E-state index contributed by atoms with van der Waals surface area (Å²) in [7, 11) is -2.11. The van der Waals surface area contributed by atoms with Crippen LogP contribution in [0.2, 0.25) is 0 Å². The zero-order valence-electron chi connectivity index (χ0n) is 13.3. The molecule has 3 rings (SSSR count). The van der Waals surface area contributed by atoms with Crippen LogP contribution in [0.4, 0.5) is 27.6 Å². The minimum absolute atomic E-state index is 0.0371. The van der Waals surface area contributed by atoms with Crippen LogP contribution in [-0.2, 0) is 16.1 Å². The van der Waals surface area contributed by atoms with Crippen LogP contribution in [0.25, 0.3) is 10.9 Å². The molecule has 3 aromatic rings. The normalized spacial score (nSPS) is 14.4. The largest absolute Gasteiger partial charge is 0.416 e. The number of rotatable bonds is 2. The maximum absolute atomic E-state index is 13.5.